The van der Waals surface area contributed by atoms with Crippen LogP contribution in [0.2, 0.25) is 0 Å². The molecule has 1 fully saturated rings. The van der Waals surface area contributed by atoms with E-state index >= 15 is 0 Å². The summed E-state index contributed by atoms with van der Waals surface area (Å²) in [4.78, 5) is 31.1. The van der Waals surface area contributed by atoms with Crippen molar-refractivity contribution in [3.63, 3.8) is 0 Å². The molecule has 2 aromatic heterocycles. The lowest BCUT2D eigenvalue weighted by Gasteiger charge is -2.23. The Balaban J connectivity index is 1.24. The van der Waals surface area contributed by atoms with Crippen molar-refractivity contribution in [1.29, 1.82) is 0 Å². The number of anilines is 1. The summed E-state index contributed by atoms with van der Waals surface area (Å²) in [7, 11) is 0. The number of nitrogens with one attached hydrogen (secondary N) is 1. The zero-order chi connectivity index (χ0) is 27.0. The van der Waals surface area contributed by atoms with Crippen LogP contribution in [0.5, 0.6) is 0 Å². The maximum atomic E-state index is 12.8. The van der Waals surface area contributed by atoms with Crippen LogP contribution in [0.15, 0.2) is 83.5 Å². The standard InChI is InChI=1S/C32H30N2O4S/c1-20-7-16-26-27(34-31(37)38-19-21-5-3-2-4-6-21)28(39-29(26)33-20)24-10-8-22(9-11-24)23-12-14-25(15-13-23)32(17-18-32)30(35)36/h2-8,10,12,14,16H,9,11,13,15,17-19H2,1H3,(H,34,37)(H,35,36). The Morgan fingerprint density at radius 2 is 1.64 bits per heavy atom. The monoisotopic (exact) mass is 538 g/mol. The minimum atomic E-state index is -0.684. The number of pyridine rings is 1. The van der Waals surface area contributed by atoms with E-state index in [1.165, 1.54) is 11.1 Å². The summed E-state index contributed by atoms with van der Waals surface area (Å²) in [5.74, 6) is -0.684. The van der Waals surface area contributed by atoms with Crippen molar-refractivity contribution in [2.24, 2.45) is 5.41 Å². The lowest BCUT2D eigenvalue weighted by atomic mass is 9.82. The van der Waals surface area contributed by atoms with Crippen LogP contribution in [0, 0.1) is 12.3 Å². The quantitative estimate of drug-likeness (QED) is 0.318. The van der Waals surface area contributed by atoms with E-state index < -0.39 is 17.5 Å². The van der Waals surface area contributed by atoms with Crippen molar-refractivity contribution in [3.8, 4) is 0 Å². The summed E-state index contributed by atoms with van der Waals surface area (Å²) in [6.45, 7) is 2.17. The smallest absolute Gasteiger partial charge is 0.412 e. The van der Waals surface area contributed by atoms with E-state index in [1.807, 2.05) is 55.5 Å². The van der Waals surface area contributed by atoms with Gasteiger partial charge in [0.05, 0.1) is 16.0 Å². The summed E-state index contributed by atoms with van der Waals surface area (Å²) in [5, 5.41) is 13.5. The fraction of sp³-hybridized carbons (Fsp3) is 0.281. The van der Waals surface area contributed by atoms with Crippen molar-refractivity contribution in [2.75, 3.05) is 5.32 Å². The van der Waals surface area contributed by atoms with Crippen LogP contribution in [-0.4, -0.2) is 22.2 Å². The molecule has 0 bridgehead atoms. The van der Waals surface area contributed by atoms with Gasteiger partial charge in [0.1, 0.15) is 11.4 Å². The van der Waals surface area contributed by atoms with Crippen molar-refractivity contribution in [1.82, 2.24) is 4.98 Å². The molecule has 3 aliphatic carbocycles. The van der Waals surface area contributed by atoms with Crippen LogP contribution >= 0.6 is 11.3 Å². The van der Waals surface area contributed by atoms with Gasteiger partial charge in [-0.05, 0) is 79.9 Å². The number of amides is 1. The molecule has 0 atom stereocenters. The van der Waals surface area contributed by atoms with Gasteiger partial charge >= 0.3 is 12.1 Å². The minimum absolute atomic E-state index is 0.203. The topological polar surface area (TPSA) is 88.5 Å². The average molecular weight is 539 g/mol. The molecular weight excluding hydrogens is 508 g/mol. The van der Waals surface area contributed by atoms with Crippen LogP contribution in [0.3, 0.4) is 0 Å². The third kappa shape index (κ3) is 5.06. The number of fused-ring (bicyclic) bond motifs is 1. The zero-order valence-electron chi connectivity index (χ0n) is 21.8. The number of carbonyl (C=O) groups is 2. The highest BCUT2D eigenvalue weighted by molar-refractivity contribution is 7.20. The Hall–Kier alpha value is -3.97. The molecule has 3 aromatic rings. The number of carboxylic acid groups (broad SMARTS) is 1. The number of hydrogen-bond donors (Lipinski definition) is 2. The first kappa shape index (κ1) is 25.3. The Bertz CT molecular complexity index is 1590. The van der Waals surface area contributed by atoms with Crippen molar-refractivity contribution < 1.29 is 19.4 Å². The molecular formula is C32H30N2O4S. The number of hydrogen-bond acceptors (Lipinski definition) is 5. The van der Waals surface area contributed by atoms with Crippen molar-refractivity contribution in [3.05, 3.63) is 99.6 Å². The predicted octanol–water partition coefficient (Wildman–Crippen LogP) is 7.97. The highest BCUT2D eigenvalue weighted by atomic mass is 32.1. The maximum absolute atomic E-state index is 12.8. The maximum Gasteiger partial charge on any atom is 0.412 e. The number of aryl methyl sites for hydroxylation is 1. The molecule has 2 heterocycles. The van der Waals surface area contributed by atoms with Gasteiger partial charge in [0, 0.05) is 11.1 Å². The van der Waals surface area contributed by atoms with Gasteiger partial charge in [-0.25, -0.2) is 9.78 Å². The normalized spacial score (nSPS) is 18.0. The van der Waals surface area contributed by atoms with Gasteiger partial charge in [-0.1, -0.05) is 60.2 Å². The lowest BCUT2D eigenvalue weighted by Crippen LogP contribution is -2.18. The molecule has 39 heavy (non-hydrogen) atoms. The molecule has 198 valence electrons. The third-order valence-electron chi connectivity index (χ3n) is 7.91. The Morgan fingerprint density at radius 3 is 2.28 bits per heavy atom. The SMILES string of the molecule is Cc1ccc2c(NC(=O)OCc3ccccc3)c(C3=CC=C(C4=CC=C(C5(C(=O)O)CC5)CC4)CC3)sc2n1. The van der Waals surface area contributed by atoms with Crippen LogP contribution in [0.1, 0.15) is 54.7 Å². The fourth-order valence-corrected chi connectivity index (χ4v) is 6.70. The molecule has 0 radical (unpaired) electrons. The number of carbonyl (C=O) groups excluding carboxylic acids is 1. The molecule has 6 rings (SSSR count). The summed E-state index contributed by atoms with van der Waals surface area (Å²) in [5.41, 5.74) is 6.81. The first-order valence-electron chi connectivity index (χ1n) is 13.3. The molecule has 6 nitrogen and oxygen atoms in total. The van der Waals surface area contributed by atoms with E-state index in [-0.39, 0.29) is 6.61 Å². The lowest BCUT2D eigenvalue weighted by molar-refractivity contribution is -0.141. The van der Waals surface area contributed by atoms with E-state index in [0.29, 0.717) is 0 Å². The average Bonchev–Trinajstić information content (AvgIpc) is 3.71. The van der Waals surface area contributed by atoms with Gasteiger partial charge in [0.2, 0.25) is 0 Å². The number of allylic oxidation sites excluding steroid dienone is 7. The number of rotatable bonds is 7. The molecule has 1 saturated carbocycles. The first-order chi connectivity index (χ1) is 18.9. The van der Waals surface area contributed by atoms with Gasteiger partial charge in [0.15, 0.2) is 0 Å². The molecule has 1 amide bonds. The van der Waals surface area contributed by atoms with E-state index in [2.05, 4.69) is 23.5 Å². The fourth-order valence-electron chi connectivity index (χ4n) is 5.48. The first-order valence-corrected chi connectivity index (χ1v) is 14.2. The van der Waals surface area contributed by atoms with Gasteiger partial charge in [-0.2, -0.15) is 0 Å². The summed E-state index contributed by atoms with van der Waals surface area (Å²) < 4.78 is 5.52. The largest absolute Gasteiger partial charge is 0.481 e. The second kappa shape index (κ2) is 10.3. The molecule has 2 N–H and O–H groups in total. The van der Waals surface area contributed by atoms with Crippen molar-refractivity contribution in [2.45, 2.75) is 52.1 Å². The Labute approximate surface area is 231 Å². The summed E-state index contributed by atoms with van der Waals surface area (Å²) >= 11 is 1.59. The summed E-state index contributed by atoms with van der Waals surface area (Å²) in [6, 6.07) is 13.6. The van der Waals surface area contributed by atoms with Crippen LogP contribution in [0.25, 0.3) is 15.8 Å². The van der Waals surface area contributed by atoms with Crippen LogP contribution in [-0.2, 0) is 16.1 Å². The van der Waals surface area contributed by atoms with E-state index in [0.717, 1.165) is 81.7 Å². The number of nitrogens with zero attached hydrogens (tertiary/aromatic N) is 1. The van der Waals surface area contributed by atoms with E-state index in [4.69, 9.17) is 9.72 Å². The number of carboxylic acids is 1. The van der Waals surface area contributed by atoms with Crippen LogP contribution in [0.4, 0.5) is 10.5 Å². The van der Waals surface area contributed by atoms with E-state index in [9.17, 15) is 14.7 Å². The van der Waals surface area contributed by atoms with Gasteiger partial charge < -0.3 is 9.84 Å². The van der Waals surface area contributed by atoms with Gasteiger partial charge in [0.25, 0.3) is 0 Å². The Morgan fingerprint density at radius 1 is 0.949 bits per heavy atom. The number of thiophene rings is 1. The molecule has 0 saturated heterocycles. The highest BCUT2D eigenvalue weighted by Gasteiger charge is 2.52. The van der Waals surface area contributed by atoms with Crippen molar-refractivity contribution >= 4 is 44.9 Å². The second-order valence-corrected chi connectivity index (χ2v) is 11.5. The minimum Gasteiger partial charge on any atom is -0.481 e. The molecule has 0 aliphatic heterocycles. The molecule has 7 heteroatoms. The van der Waals surface area contributed by atoms with Gasteiger partial charge in [-0.3, -0.25) is 10.1 Å². The molecule has 0 unspecified atom stereocenters. The van der Waals surface area contributed by atoms with Gasteiger partial charge in [-0.15, -0.1) is 11.3 Å². The predicted molar refractivity (Wildman–Crippen MR) is 155 cm³/mol. The van der Waals surface area contributed by atoms with Crippen LogP contribution < -0.4 is 5.32 Å². The molecule has 0 spiro atoms. The number of ether oxygens (including phenoxy) is 1. The van der Waals surface area contributed by atoms with E-state index in [1.54, 1.807) is 11.3 Å². The highest BCUT2D eigenvalue weighted by Crippen LogP contribution is 2.55. The molecule has 3 aliphatic rings. The number of benzene rings is 1. The summed E-state index contributed by atoms with van der Waals surface area (Å²) in [6.07, 6.45) is 12.9. The zero-order valence-corrected chi connectivity index (χ0v) is 22.6. The number of aliphatic carboxylic acids is 1. The number of aromatic nitrogens is 1. The molecule has 1 aromatic carbocycles. The Kier molecular flexibility index (Phi) is 6.69. The third-order valence-corrected chi connectivity index (χ3v) is 9.09. The second-order valence-electron chi connectivity index (χ2n) is 10.5.